The Labute approximate surface area is 170 Å². The zero-order chi connectivity index (χ0) is 18.8. The predicted molar refractivity (Wildman–Crippen MR) is 110 cm³/mol. The average molecular weight is 447 g/mol. The van der Waals surface area contributed by atoms with Gasteiger partial charge in [0.15, 0.2) is 0 Å². The van der Waals surface area contributed by atoms with Crippen LogP contribution in [0.5, 0.6) is 0 Å². The maximum absolute atomic E-state index is 12.9. The lowest BCUT2D eigenvalue weighted by Gasteiger charge is -2.43. The molecule has 2 heterocycles. The quantitative estimate of drug-likeness (QED) is 0.673. The highest BCUT2D eigenvalue weighted by Gasteiger charge is 2.44. The molecule has 2 aliphatic rings. The number of nitrogens with one attached hydrogen (secondary N) is 3. The second-order valence-electron chi connectivity index (χ2n) is 6.44. The van der Waals surface area contributed by atoms with Crippen LogP contribution >= 0.6 is 27.7 Å². The minimum atomic E-state index is -0.390. The lowest BCUT2D eigenvalue weighted by Crippen LogP contribution is -2.72. The molecule has 0 bridgehead atoms. The normalized spacial score (nSPS) is 25.1. The Morgan fingerprint density at radius 3 is 2.56 bits per heavy atom. The molecule has 6 nitrogen and oxygen atoms in total. The molecule has 4 rings (SSSR count). The number of anilines is 1. The number of halogens is 1. The SMILES string of the molecule is O=C1NC2NC(SCc3ccc(Br)cc3)NCC2C(=O)N1c1ccccc1. The topological polar surface area (TPSA) is 73.5 Å². The number of imide groups is 1. The second kappa shape index (κ2) is 8.02. The highest BCUT2D eigenvalue weighted by Crippen LogP contribution is 2.26. The third-order valence-corrected chi connectivity index (χ3v) is 6.29. The largest absolute Gasteiger partial charge is 0.330 e. The van der Waals surface area contributed by atoms with E-state index < -0.39 is 6.03 Å². The number of para-hydroxylation sites is 1. The third kappa shape index (κ3) is 4.03. The van der Waals surface area contributed by atoms with Gasteiger partial charge in [0, 0.05) is 16.8 Å². The number of thioether (sulfide) groups is 1. The zero-order valence-electron chi connectivity index (χ0n) is 14.4. The Bertz CT molecular complexity index is 833. The average Bonchev–Trinajstić information content (AvgIpc) is 2.68. The van der Waals surface area contributed by atoms with Crippen LogP contribution in [-0.2, 0) is 10.5 Å². The summed E-state index contributed by atoms with van der Waals surface area (Å²) < 4.78 is 1.06. The summed E-state index contributed by atoms with van der Waals surface area (Å²) in [6.45, 7) is 0.512. The summed E-state index contributed by atoms with van der Waals surface area (Å²) in [5, 5.41) is 9.62. The summed E-state index contributed by atoms with van der Waals surface area (Å²) in [5.74, 6) is 0.298. The minimum Gasteiger partial charge on any atom is -0.321 e. The highest BCUT2D eigenvalue weighted by atomic mass is 79.9. The van der Waals surface area contributed by atoms with Gasteiger partial charge in [0.1, 0.15) is 5.50 Å². The molecular weight excluding hydrogens is 428 g/mol. The number of nitrogens with zero attached hydrogens (tertiary/aromatic N) is 1. The molecule has 3 atom stereocenters. The first-order valence-electron chi connectivity index (χ1n) is 8.67. The lowest BCUT2D eigenvalue weighted by atomic mass is 9.99. The molecule has 3 N–H and O–H groups in total. The van der Waals surface area contributed by atoms with E-state index in [0.717, 1.165) is 10.2 Å². The van der Waals surface area contributed by atoms with Gasteiger partial charge in [-0.15, -0.1) is 11.8 Å². The molecule has 8 heteroatoms. The van der Waals surface area contributed by atoms with E-state index in [9.17, 15) is 9.59 Å². The van der Waals surface area contributed by atoms with E-state index in [1.54, 1.807) is 23.9 Å². The number of carbonyl (C=O) groups is 2. The Balaban J connectivity index is 1.39. The number of rotatable bonds is 4. The van der Waals surface area contributed by atoms with Crippen molar-refractivity contribution in [3.63, 3.8) is 0 Å². The molecule has 2 aromatic rings. The number of urea groups is 1. The van der Waals surface area contributed by atoms with Crippen molar-refractivity contribution >= 4 is 45.3 Å². The number of benzene rings is 2. The summed E-state index contributed by atoms with van der Waals surface area (Å²) in [6.07, 6.45) is -0.367. The van der Waals surface area contributed by atoms with Crippen LogP contribution < -0.4 is 20.9 Å². The number of amides is 3. The molecule has 27 heavy (non-hydrogen) atoms. The van der Waals surface area contributed by atoms with Gasteiger partial charge in [-0.3, -0.25) is 15.4 Å². The first kappa shape index (κ1) is 18.5. The van der Waals surface area contributed by atoms with Gasteiger partial charge in [0.05, 0.1) is 17.8 Å². The van der Waals surface area contributed by atoms with Gasteiger partial charge >= 0.3 is 6.03 Å². The Morgan fingerprint density at radius 2 is 1.81 bits per heavy atom. The fourth-order valence-electron chi connectivity index (χ4n) is 3.21. The molecule has 0 aliphatic carbocycles. The Hall–Kier alpha value is -1.87. The van der Waals surface area contributed by atoms with Crippen molar-refractivity contribution in [1.29, 1.82) is 0 Å². The smallest absolute Gasteiger partial charge is 0.321 e. The Morgan fingerprint density at radius 1 is 1.07 bits per heavy atom. The summed E-state index contributed by atoms with van der Waals surface area (Å²) in [7, 11) is 0. The number of hydrogen-bond donors (Lipinski definition) is 3. The van der Waals surface area contributed by atoms with E-state index in [-0.39, 0.29) is 23.5 Å². The van der Waals surface area contributed by atoms with E-state index in [1.165, 1.54) is 10.5 Å². The van der Waals surface area contributed by atoms with Crippen molar-refractivity contribution in [2.75, 3.05) is 11.4 Å². The highest BCUT2D eigenvalue weighted by molar-refractivity contribution is 9.10. The van der Waals surface area contributed by atoms with Crippen LogP contribution in [0.4, 0.5) is 10.5 Å². The number of carbonyl (C=O) groups excluding carboxylic acids is 2. The van der Waals surface area contributed by atoms with Gasteiger partial charge in [-0.1, -0.05) is 46.3 Å². The first-order chi connectivity index (χ1) is 13.1. The standard InChI is InChI=1S/C19H19BrN4O2S/c20-13-8-6-12(7-9-13)11-27-18-21-10-15-16(22-18)23-19(26)24(17(15)25)14-4-2-1-3-5-14/h1-9,15-16,18,21-22H,10-11H2,(H,23,26). The maximum atomic E-state index is 12.9. The van der Waals surface area contributed by atoms with Crippen LogP contribution in [-0.4, -0.2) is 30.1 Å². The molecule has 2 aliphatic heterocycles. The molecule has 2 fully saturated rings. The molecule has 0 spiro atoms. The lowest BCUT2D eigenvalue weighted by molar-refractivity contribution is -0.124. The van der Waals surface area contributed by atoms with E-state index in [2.05, 4.69) is 44.0 Å². The fraction of sp³-hybridized carbons (Fsp3) is 0.263. The van der Waals surface area contributed by atoms with Gasteiger partial charge < -0.3 is 5.32 Å². The van der Waals surface area contributed by atoms with E-state index in [0.29, 0.717) is 12.2 Å². The van der Waals surface area contributed by atoms with Crippen molar-refractivity contribution in [3.05, 3.63) is 64.6 Å². The van der Waals surface area contributed by atoms with Crippen LogP contribution in [0.1, 0.15) is 5.56 Å². The van der Waals surface area contributed by atoms with Crippen LogP contribution in [0, 0.1) is 5.92 Å². The van der Waals surface area contributed by atoms with Crippen LogP contribution in [0.3, 0.4) is 0 Å². The maximum Gasteiger partial charge on any atom is 0.330 e. The second-order valence-corrected chi connectivity index (χ2v) is 8.44. The van der Waals surface area contributed by atoms with Crippen LogP contribution in [0.15, 0.2) is 59.1 Å². The molecule has 140 valence electrons. The van der Waals surface area contributed by atoms with Crippen molar-refractivity contribution in [3.8, 4) is 0 Å². The Kier molecular flexibility index (Phi) is 5.49. The van der Waals surface area contributed by atoms with Crippen molar-refractivity contribution in [2.24, 2.45) is 5.92 Å². The number of fused-ring (bicyclic) bond motifs is 1. The fourth-order valence-corrected chi connectivity index (χ4v) is 4.49. The summed E-state index contributed by atoms with van der Waals surface area (Å²) in [4.78, 5) is 26.6. The molecule has 0 aromatic heterocycles. The van der Waals surface area contributed by atoms with Crippen LogP contribution in [0.2, 0.25) is 0 Å². The monoisotopic (exact) mass is 446 g/mol. The molecule has 2 aromatic carbocycles. The minimum absolute atomic E-state index is 0.0359. The van der Waals surface area contributed by atoms with Gasteiger partial charge in [0.2, 0.25) is 5.91 Å². The molecule has 3 amide bonds. The summed E-state index contributed by atoms with van der Waals surface area (Å²) in [6, 6.07) is 16.8. The van der Waals surface area contributed by atoms with Crippen molar-refractivity contribution < 1.29 is 9.59 Å². The van der Waals surface area contributed by atoms with Crippen molar-refractivity contribution in [2.45, 2.75) is 17.4 Å². The third-order valence-electron chi connectivity index (χ3n) is 4.62. The molecule has 0 radical (unpaired) electrons. The molecular formula is C19H19BrN4O2S. The van der Waals surface area contributed by atoms with Gasteiger partial charge in [0.25, 0.3) is 0 Å². The van der Waals surface area contributed by atoms with E-state index >= 15 is 0 Å². The van der Waals surface area contributed by atoms with E-state index in [4.69, 9.17) is 0 Å². The summed E-state index contributed by atoms with van der Waals surface area (Å²) in [5.41, 5.74) is 1.77. The summed E-state index contributed by atoms with van der Waals surface area (Å²) >= 11 is 5.13. The molecule has 2 saturated heterocycles. The first-order valence-corrected chi connectivity index (χ1v) is 10.5. The van der Waals surface area contributed by atoms with Crippen LogP contribution in [0.25, 0.3) is 0 Å². The zero-order valence-corrected chi connectivity index (χ0v) is 16.8. The molecule has 3 unspecified atom stereocenters. The molecule has 0 saturated carbocycles. The van der Waals surface area contributed by atoms with Gasteiger partial charge in [-0.2, -0.15) is 0 Å². The van der Waals surface area contributed by atoms with Crippen molar-refractivity contribution in [1.82, 2.24) is 16.0 Å². The van der Waals surface area contributed by atoms with Gasteiger partial charge in [-0.05, 0) is 29.8 Å². The van der Waals surface area contributed by atoms with Gasteiger partial charge in [-0.25, -0.2) is 9.69 Å². The van der Waals surface area contributed by atoms with E-state index in [1.807, 2.05) is 30.3 Å². The predicted octanol–water partition coefficient (Wildman–Crippen LogP) is 2.86. The number of hydrogen-bond acceptors (Lipinski definition) is 5.